The van der Waals surface area contributed by atoms with Gasteiger partial charge in [-0.1, -0.05) is 30.5 Å². The molecule has 1 aromatic carbocycles. The summed E-state index contributed by atoms with van der Waals surface area (Å²) in [5, 5.41) is 0.744. The molecular formula is C29H42FeOSSn+2. The zero-order chi connectivity index (χ0) is 23.4. The van der Waals surface area contributed by atoms with Gasteiger partial charge in [0.25, 0.3) is 0 Å². The van der Waals surface area contributed by atoms with Crippen molar-refractivity contribution >= 4 is 30.6 Å². The summed E-state index contributed by atoms with van der Waals surface area (Å²) in [6, 6.07) is 7.73. The van der Waals surface area contributed by atoms with Crippen LogP contribution >= 0.6 is 0 Å². The molecule has 2 aliphatic rings. The first kappa shape index (κ1) is 33.7. The van der Waals surface area contributed by atoms with Gasteiger partial charge in [0.1, 0.15) is 0 Å². The zero-order valence-electron chi connectivity index (χ0n) is 21.0. The maximum Gasteiger partial charge on any atom is 2.00 e. The van der Waals surface area contributed by atoms with Crippen LogP contribution in [-0.4, -0.2) is 24.0 Å². The van der Waals surface area contributed by atoms with E-state index in [1.54, 1.807) is 19.7 Å². The molecule has 1 atom stereocenters. The summed E-state index contributed by atoms with van der Waals surface area (Å²) in [5.41, 5.74) is 1.18. The smallest absolute Gasteiger partial charge is 0.456 e. The molecule has 0 unspecified atom stereocenters. The Morgan fingerprint density at radius 1 is 0.758 bits per heavy atom. The molecule has 0 aromatic heterocycles. The molecule has 2 fully saturated rings. The third kappa shape index (κ3) is 16.9. The third-order valence-electron chi connectivity index (χ3n) is 5.21. The summed E-state index contributed by atoms with van der Waals surface area (Å²) in [4.78, 5) is 0.832. The number of benzene rings is 1. The number of rotatable bonds is 11. The number of unbranched alkanes of at least 4 members (excludes halogenated alkanes) is 3. The molecule has 3 rings (SSSR count). The van der Waals surface area contributed by atoms with Gasteiger partial charge < -0.3 is 6.42 Å². The van der Waals surface area contributed by atoms with E-state index in [2.05, 4.69) is 27.2 Å². The average molecular weight is 613 g/mol. The molecule has 10 radical (unpaired) electrons. The molecule has 4 heteroatoms. The summed E-state index contributed by atoms with van der Waals surface area (Å²) in [7, 11) is -1.08. The van der Waals surface area contributed by atoms with Crippen LogP contribution in [0.5, 0.6) is 0 Å². The van der Waals surface area contributed by atoms with E-state index >= 15 is 0 Å². The van der Waals surface area contributed by atoms with Crippen molar-refractivity contribution in [2.24, 2.45) is 0 Å². The molecule has 0 spiro atoms. The quantitative estimate of drug-likeness (QED) is 0.182. The Labute approximate surface area is 227 Å². The molecule has 0 bridgehead atoms. The minimum Gasteiger partial charge on any atom is -0.456 e. The topological polar surface area (TPSA) is 17.1 Å². The van der Waals surface area contributed by atoms with Gasteiger partial charge in [-0.2, -0.15) is 0 Å². The van der Waals surface area contributed by atoms with Gasteiger partial charge in [-0.25, -0.2) is 6.42 Å². The Bertz CT molecular complexity index is 541. The SMILES string of the molecule is CCC[CH2][Sn+]([CH2]CCC)[CH2]CCC.Cc1ccc([S@](=O)[C]2[C-][CH][CH][CH]2)cc1.[CH]1[CH][CH][CH][CH]1.[Fe+2]. The van der Waals surface area contributed by atoms with Crippen molar-refractivity contribution < 1.29 is 21.3 Å². The van der Waals surface area contributed by atoms with Crippen LogP contribution in [0.4, 0.5) is 0 Å². The normalized spacial score (nSPS) is 16.1. The summed E-state index contributed by atoms with van der Waals surface area (Å²) in [5.74, 6) is 0. The van der Waals surface area contributed by atoms with E-state index in [0.29, 0.717) is 0 Å². The minimum absolute atomic E-state index is 0. The molecule has 0 amide bonds. The maximum atomic E-state index is 11.9. The van der Waals surface area contributed by atoms with E-state index in [9.17, 15) is 4.21 Å². The number of hydrogen-bond donors (Lipinski definition) is 0. The van der Waals surface area contributed by atoms with E-state index in [1.165, 1.54) is 44.1 Å². The van der Waals surface area contributed by atoms with Crippen LogP contribution in [0.25, 0.3) is 0 Å². The Hall–Kier alpha value is 0.688. The molecule has 2 aliphatic carbocycles. The maximum absolute atomic E-state index is 11.9. The fourth-order valence-electron chi connectivity index (χ4n) is 3.19. The van der Waals surface area contributed by atoms with Crippen LogP contribution < -0.4 is 0 Å². The molecule has 0 aliphatic heterocycles. The van der Waals surface area contributed by atoms with Crippen molar-refractivity contribution in [3.8, 4) is 0 Å². The molecule has 180 valence electrons. The molecule has 0 saturated heterocycles. The van der Waals surface area contributed by atoms with E-state index in [-0.39, 0.29) is 17.1 Å². The minimum atomic E-state index is -1.08. The Kier molecular flexibility index (Phi) is 23.6. The second kappa shape index (κ2) is 23.1. The Morgan fingerprint density at radius 3 is 1.58 bits per heavy atom. The van der Waals surface area contributed by atoms with E-state index in [4.69, 9.17) is 0 Å². The number of hydrogen-bond acceptors (Lipinski definition) is 1. The average Bonchev–Trinajstić information content (AvgIpc) is 3.56. The molecule has 1 aromatic rings. The predicted octanol–water partition coefficient (Wildman–Crippen LogP) is 8.24. The standard InChI is InChI=1S/C12H10OS.C5H5.3C4H9.Fe.Sn/c1-10-6-8-12(9-7-10)14(13)11-4-2-3-5-11;1-2-4-5-3-1;3*1-3-4-2;;/h2-4,6-9H,1H3;1-5H;3*1,3-4H2,2H3;;/q-1;;;;;+2;+1/t14-;;;;;;/m1....../s1. The van der Waals surface area contributed by atoms with Crippen molar-refractivity contribution in [1.29, 1.82) is 0 Å². The van der Waals surface area contributed by atoms with Crippen molar-refractivity contribution in [3.63, 3.8) is 0 Å². The van der Waals surface area contributed by atoms with Gasteiger partial charge in [-0.3, -0.25) is 4.21 Å². The molecule has 33 heavy (non-hydrogen) atoms. The fourth-order valence-corrected chi connectivity index (χ4v) is 13.7. The van der Waals surface area contributed by atoms with Crippen molar-refractivity contribution in [2.75, 3.05) is 0 Å². The van der Waals surface area contributed by atoms with Gasteiger partial charge in [0.15, 0.2) is 0 Å². The van der Waals surface area contributed by atoms with Crippen LogP contribution in [0.3, 0.4) is 0 Å². The summed E-state index contributed by atoms with van der Waals surface area (Å²) < 4.78 is 16.9. The first-order valence-electron chi connectivity index (χ1n) is 12.2. The predicted molar refractivity (Wildman–Crippen MR) is 143 cm³/mol. The van der Waals surface area contributed by atoms with Gasteiger partial charge in [0.2, 0.25) is 0 Å². The van der Waals surface area contributed by atoms with E-state index in [1.807, 2.05) is 76.1 Å². The first-order valence-corrected chi connectivity index (χ1v) is 19.4. The van der Waals surface area contributed by atoms with Crippen molar-refractivity contribution in [1.82, 2.24) is 0 Å². The van der Waals surface area contributed by atoms with E-state index < -0.39 is 30.6 Å². The van der Waals surface area contributed by atoms with Gasteiger partial charge in [-0.05, 0) is 51.2 Å². The summed E-state index contributed by atoms with van der Waals surface area (Å²) >= 11 is -0.839. The molecule has 1 nitrogen and oxygen atoms in total. The van der Waals surface area contributed by atoms with Gasteiger partial charge in [0, 0.05) is 15.7 Å². The summed E-state index contributed by atoms with van der Waals surface area (Å²) in [6.45, 7) is 9.02. The Balaban J connectivity index is 0.000000502. The molecule has 0 heterocycles. The first-order chi connectivity index (χ1) is 15.6. The fraction of sp³-hybridized carbons (Fsp3) is 0.448. The van der Waals surface area contributed by atoms with Crippen LogP contribution in [0, 0.1) is 70.0 Å². The zero-order valence-corrected chi connectivity index (χ0v) is 25.7. The van der Waals surface area contributed by atoms with Gasteiger partial charge >= 0.3 is 109 Å². The van der Waals surface area contributed by atoms with Crippen molar-refractivity contribution in [3.05, 3.63) is 92.9 Å². The molecule has 0 N–H and O–H groups in total. The second-order valence-corrected chi connectivity index (χ2v) is 18.2. The largest absolute Gasteiger partial charge is 2.00 e. The van der Waals surface area contributed by atoms with Crippen LogP contribution in [0.2, 0.25) is 13.3 Å². The number of aryl methyl sites for hydroxylation is 1. The van der Waals surface area contributed by atoms with Gasteiger partial charge in [0.05, 0.1) is 0 Å². The second-order valence-electron chi connectivity index (χ2n) is 8.14. The summed E-state index contributed by atoms with van der Waals surface area (Å²) in [6.07, 6.45) is 27.3. The van der Waals surface area contributed by atoms with Crippen LogP contribution in [0.1, 0.15) is 64.9 Å². The van der Waals surface area contributed by atoms with Crippen LogP contribution in [0.15, 0.2) is 29.2 Å². The van der Waals surface area contributed by atoms with Crippen LogP contribution in [-0.2, 0) is 27.9 Å². The van der Waals surface area contributed by atoms with Gasteiger partial charge in [-0.15, -0.1) is 5.25 Å². The molecular weight excluding hydrogens is 571 g/mol. The van der Waals surface area contributed by atoms with Crippen molar-refractivity contribution in [2.45, 2.75) is 84.4 Å². The Morgan fingerprint density at radius 2 is 1.21 bits per heavy atom. The monoisotopic (exact) mass is 614 g/mol. The molecule has 2 saturated carbocycles. The third-order valence-corrected chi connectivity index (χ3v) is 15.6. The van der Waals surface area contributed by atoms with E-state index in [0.717, 1.165) is 10.1 Å².